The molecule has 0 saturated carbocycles. The Morgan fingerprint density at radius 3 is 1.86 bits per heavy atom. The van der Waals surface area contributed by atoms with E-state index in [0.29, 0.717) is 0 Å². The predicted octanol–water partition coefficient (Wildman–Crippen LogP) is 4.68. The van der Waals surface area contributed by atoms with Gasteiger partial charge in [-0.15, -0.1) is 23.5 Å². The summed E-state index contributed by atoms with van der Waals surface area (Å²) in [6.07, 6.45) is 0. The van der Waals surface area contributed by atoms with Gasteiger partial charge in [-0.25, -0.2) is 0 Å². The van der Waals surface area contributed by atoms with Gasteiger partial charge < -0.3 is 0 Å². The maximum atomic E-state index is 2.05. The van der Waals surface area contributed by atoms with Crippen LogP contribution in [0.3, 0.4) is 0 Å². The summed E-state index contributed by atoms with van der Waals surface area (Å²) in [5, 5.41) is 0. The Bertz CT molecular complexity index is 290. The second-order valence-corrected chi connectivity index (χ2v) is 10.2. The molecule has 0 unspecified atom stereocenters. The molecule has 0 aromatic heterocycles. The summed E-state index contributed by atoms with van der Waals surface area (Å²) in [7, 11) is 4.01. The van der Waals surface area contributed by atoms with Gasteiger partial charge in [0.25, 0.3) is 0 Å². The molecule has 0 radical (unpaired) electrons. The van der Waals surface area contributed by atoms with Crippen LogP contribution >= 0.6 is 68.6 Å². The molecule has 1 fully saturated rings. The van der Waals surface area contributed by atoms with Gasteiger partial charge in [-0.05, 0) is 0 Å². The normalized spacial score (nSPS) is 27.4. The summed E-state index contributed by atoms with van der Waals surface area (Å²) in [5.74, 6) is 5.06. The van der Waals surface area contributed by atoms with Crippen molar-refractivity contribution >= 4 is 68.6 Å². The molecule has 14 heavy (non-hydrogen) atoms. The minimum Gasteiger partial charge on any atom is -0.117 e. The van der Waals surface area contributed by atoms with Crippen LogP contribution in [0.2, 0.25) is 0 Å². The molecule has 0 amide bonds. The van der Waals surface area contributed by atoms with E-state index in [-0.39, 0.29) is 0 Å². The Morgan fingerprint density at radius 2 is 1.29 bits per heavy atom. The molecule has 0 aromatic rings. The molecule has 6 heteroatoms. The van der Waals surface area contributed by atoms with E-state index >= 15 is 0 Å². The van der Waals surface area contributed by atoms with Gasteiger partial charge in [-0.3, -0.25) is 0 Å². The zero-order valence-electron chi connectivity index (χ0n) is 7.28. The third kappa shape index (κ3) is 2.15. The van der Waals surface area contributed by atoms with Crippen LogP contribution in [0.5, 0.6) is 0 Å². The van der Waals surface area contributed by atoms with Crippen molar-refractivity contribution in [2.45, 2.75) is 0 Å². The van der Waals surface area contributed by atoms with Crippen LogP contribution in [0.25, 0.3) is 0 Å². The van der Waals surface area contributed by atoms with E-state index in [2.05, 4.69) is 0 Å². The fraction of sp³-hybridized carbons (Fsp3) is 0.500. The van der Waals surface area contributed by atoms with Crippen molar-refractivity contribution in [3.05, 3.63) is 18.3 Å². The van der Waals surface area contributed by atoms with Crippen LogP contribution in [0, 0.1) is 0 Å². The van der Waals surface area contributed by atoms with Gasteiger partial charge in [-0.1, -0.05) is 45.1 Å². The monoisotopic (exact) mass is 296 g/mol. The summed E-state index contributed by atoms with van der Waals surface area (Å²) in [4.78, 5) is 3.27. The van der Waals surface area contributed by atoms with Gasteiger partial charge in [0, 0.05) is 32.8 Å². The Balaban J connectivity index is 1.80. The van der Waals surface area contributed by atoms with E-state index in [9.17, 15) is 0 Å². The summed E-state index contributed by atoms with van der Waals surface area (Å²) in [6.45, 7) is 0. The fourth-order valence-corrected chi connectivity index (χ4v) is 9.99. The fourth-order valence-electron chi connectivity index (χ4n) is 1.28. The molecule has 0 aromatic carbocycles. The average Bonchev–Trinajstić information content (AvgIpc) is 2.86. The topological polar surface area (TPSA) is 0 Å². The highest BCUT2D eigenvalue weighted by molar-refractivity contribution is 8.77. The highest BCUT2D eigenvalue weighted by Gasteiger charge is 2.27. The van der Waals surface area contributed by atoms with Crippen molar-refractivity contribution in [3.63, 3.8) is 0 Å². The SMILES string of the molecule is C1CSC(=C2SC3=C(CSSC3)S2)S1. The summed E-state index contributed by atoms with van der Waals surface area (Å²) >= 11 is 8.17. The minimum atomic E-state index is 1.23. The van der Waals surface area contributed by atoms with Crippen LogP contribution < -0.4 is 0 Å². The third-order valence-electron chi connectivity index (χ3n) is 1.92. The average molecular weight is 297 g/mol. The van der Waals surface area contributed by atoms with E-state index in [0.717, 1.165) is 0 Å². The minimum absolute atomic E-state index is 1.23. The van der Waals surface area contributed by atoms with Gasteiger partial charge >= 0.3 is 0 Å². The Labute approximate surface area is 109 Å². The maximum absolute atomic E-state index is 2.05. The van der Waals surface area contributed by atoms with Crippen molar-refractivity contribution in [3.8, 4) is 0 Å². The van der Waals surface area contributed by atoms with E-state index in [1.807, 2.05) is 68.6 Å². The molecule has 1 saturated heterocycles. The van der Waals surface area contributed by atoms with E-state index in [1.54, 1.807) is 18.3 Å². The first-order chi connectivity index (χ1) is 6.93. The van der Waals surface area contributed by atoms with Crippen molar-refractivity contribution in [2.75, 3.05) is 23.0 Å². The summed E-state index contributed by atoms with van der Waals surface area (Å²) in [5.41, 5.74) is 0. The molecule has 0 spiro atoms. The molecular formula is C8H8S6. The molecule has 3 heterocycles. The zero-order chi connectivity index (χ0) is 9.38. The molecule has 0 nitrogen and oxygen atoms in total. The van der Waals surface area contributed by atoms with Crippen LogP contribution in [0.4, 0.5) is 0 Å². The van der Waals surface area contributed by atoms with Crippen LogP contribution in [0.15, 0.2) is 18.3 Å². The molecule has 3 rings (SSSR count). The van der Waals surface area contributed by atoms with Crippen molar-refractivity contribution in [1.82, 2.24) is 0 Å². The molecule has 0 N–H and O–H groups in total. The van der Waals surface area contributed by atoms with Gasteiger partial charge in [-0.2, -0.15) is 0 Å². The molecule has 3 aliphatic heterocycles. The molecule has 3 aliphatic rings. The zero-order valence-corrected chi connectivity index (χ0v) is 12.2. The lowest BCUT2D eigenvalue weighted by Gasteiger charge is -2.09. The van der Waals surface area contributed by atoms with Crippen LogP contribution in [-0.4, -0.2) is 23.0 Å². The number of thioether (sulfide) groups is 4. The summed E-state index contributed by atoms with van der Waals surface area (Å²) in [6, 6.07) is 0. The summed E-state index contributed by atoms with van der Waals surface area (Å²) < 4.78 is 3.16. The second kappa shape index (κ2) is 4.84. The van der Waals surface area contributed by atoms with Crippen LogP contribution in [-0.2, 0) is 0 Å². The van der Waals surface area contributed by atoms with E-state index in [4.69, 9.17) is 0 Å². The first-order valence-corrected chi connectivity index (χ1v) is 10.3. The molecule has 76 valence electrons. The molecule has 0 aliphatic carbocycles. The van der Waals surface area contributed by atoms with Gasteiger partial charge in [0.2, 0.25) is 0 Å². The lowest BCUT2D eigenvalue weighted by molar-refractivity contribution is 1.59. The molecule has 0 atom stereocenters. The lowest BCUT2D eigenvalue weighted by Crippen LogP contribution is -1.90. The lowest BCUT2D eigenvalue weighted by atomic mass is 10.6. The first-order valence-electron chi connectivity index (χ1n) is 4.25. The van der Waals surface area contributed by atoms with Crippen molar-refractivity contribution < 1.29 is 0 Å². The highest BCUT2D eigenvalue weighted by Crippen LogP contribution is 2.59. The second-order valence-electron chi connectivity index (χ2n) is 2.85. The number of rotatable bonds is 0. The number of hydrogen-bond acceptors (Lipinski definition) is 6. The molecular weight excluding hydrogens is 288 g/mol. The van der Waals surface area contributed by atoms with Crippen molar-refractivity contribution in [1.29, 1.82) is 0 Å². The van der Waals surface area contributed by atoms with Gasteiger partial charge in [0.15, 0.2) is 0 Å². The van der Waals surface area contributed by atoms with Crippen LogP contribution in [0.1, 0.15) is 0 Å². The third-order valence-corrected chi connectivity index (χ3v) is 10.4. The predicted molar refractivity (Wildman–Crippen MR) is 79.1 cm³/mol. The first kappa shape index (κ1) is 10.7. The van der Waals surface area contributed by atoms with E-state index in [1.165, 1.54) is 23.0 Å². The van der Waals surface area contributed by atoms with E-state index < -0.39 is 0 Å². The highest BCUT2D eigenvalue weighted by atomic mass is 33.1. The van der Waals surface area contributed by atoms with Crippen molar-refractivity contribution in [2.24, 2.45) is 0 Å². The number of hydrogen-bond donors (Lipinski definition) is 0. The Kier molecular flexibility index (Phi) is 3.70. The smallest absolute Gasteiger partial charge is 0.0693 e. The molecule has 0 bridgehead atoms. The van der Waals surface area contributed by atoms with Gasteiger partial charge in [0.05, 0.1) is 8.47 Å². The standard InChI is InChI=1S/C8H8S6/c1-2-10-7(9-1)8-13-5-3-11-12-4-6(5)14-8/h1-4H2. The Morgan fingerprint density at radius 1 is 0.714 bits per heavy atom. The van der Waals surface area contributed by atoms with Gasteiger partial charge in [0.1, 0.15) is 0 Å². The Hall–Kier alpha value is 1.58. The maximum Gasteiger partial charge on any atom is 0.0693 e. The largest absolute Gasteiger partial charge is 0.117 e. The quantitative estimate of drug-likeness (QED) is 0.591.